The highest BCUT2D eigenvalue weighted by atomic mass is 32.2. The van der Waals surface area contributed by atoms with Gasteiger partial charge in [-0.3, -0.25) is 4.98 Å². The van der Waals surface area contributed by atoms with Gasteiger partial charge < -0.3 is 5.73 Å². The van der Waals surface area contributed by atoms with E-state index in [0.717, 1.165) is 17.2 Å². The molecule has 0 amide bonds. The first-order valence-electron chi connectivity index (χ1n) is 5.39. The summed E-state index contributed by atoms with van der Waals surface area (Å²) < 4.78 is 37.4. The number of hydrogen-bond donors (Lipinski definition) is 1. The van der Waals surface area contributed by atoms with Crippen LogP contribution in [0.4, 0.5) is 18.9 Å². The third-order valence-corrected chi connectivity index (χ3v) is 3.45. The van der Waals surface area contributed by atoms with E-state index in [1.54, 1.807) is 12.1 Å². The molecule has 1 heterocycles. The molecular formula is C13H11F3N2S. The van der Waals surface area contributed by atoms with Crippen molar-refractivity contribution in [2.24, 2.45) is 0 Å². The number of nitrogen functional groups attached to an aromatic ring is 1. The van der Waals surface area contributed by atoms with Gasteiger partial charge in [0.15, 0.2) is 0 Å². The maximum atomic E-state index is 12.5. The molecule has 2 aromatic rings. The molecular weight excluding hydrogens is 273 g/mol. The van der Waals surface area contributed by atoms with Crippen molar-refractivity contribution in [1.29, 1.82) is 0 Å². The zero-order valence-corrected chi connectivity index (χ0v) is 10.8. The first-order chi connectivity index (χ1) is 8.93. The van der Waals surface area contributed by atoms with Crippen LogP contribution in [0.25, 0.3) is 11.3 Å². The fourth-order valence-corrected chi connectivity index (χ4v) is 2.21. The zero-order chi connectivity index (χ0) is 14.0. The highest BCUT2D eigenvalue weighted by molar-refractivity contribution is 7.98. The minimum absolute atomic E-state index is 0.432. The van der Waals surface area contributed by atoms with E-state index in [0.29, 0.717) is 16.9 Å². The van der Waals surface area contributed by atoms with Crippen molar-refractivity contribution in [3.8, 4) is 11.3 Å². The number of nitrogens with two attached hydrogens (primary N) is 1. The predicted molar refractivity (Wildman–Crippen MR) is 70.9 cm³/mol. The van der Waals surface area contributed by atoms with Gasteiger partial charge in [0, 0.05) is 16.7 Å². The molecule has 0 aliphatic rings. The molecule has 0 aliphatic heterocycles. The van der Waals surface area contributed by atoms with Gasteiger partial charge in [0.25, 0.3) is 0 Å². The number of pyridine rings is 1. The monoisotopic (exact) mass is 284 g/mol. The summed E-state index contributed by atoms with van der Waals surface area (Å²) in [5.41, 5.74) is 6.80. The Morgan fingerprint density at radius 3 is 2.42 bits per heavy atom. The van der Waals surface area contributed by atoms with Crippen LogP contribution in [0.2, 0.25) is 0 Å². The summed E-state index contributed by atoms with van der Waals surface area (Å²) >= 11 is 1.48. The molecule has 0 aliphatic carbocycles. The maximum Gasteiger partial charge on any atom is 0.417 e. The molecule has 2 N–H and O–H groups in total. The van der Waals surface area contributed by atoms with Crippen LogP contribution in [-0.4, -0.2) is 11.2 Å². The summed E-state index contributed by atoms with van der Waals surface area (Å²) in [5.74, 6) is 0. The number of para-hydroxylation sites is 1. The quantitative estimate of drug-likeness (QED) is 0.667. The molecule has 2 rings (SSSR count). The molecule has 0 fully saturated rings. The molecule has 1 aromatic heterocycles. The lowest BCUT2D eigenvalue weighted by molar-refractivity contribution is -0.137. The van der Waals surface area contributed by atoms with Crippen molar-refractivity contribution in [2.75, 3.05) is 12.0 Å². The molecule has 2 nitrogen and oxygen atoms in total. The van der Waals surface area contributed by atoms with Gasteiger partial charge in [0.1, 0.15) is 0 Å². The number of anilines is 1. The first kappa shape index (κ1) is 13.7. The second kappa shape index (κ2) is 5.13. The number of alkyl halides is 3. The summed E-state index contributed by atoms with van der Waals surface area (Å²) in [6, 6.07) is 7.74. The normalized spacial score (nSPS) is 11.6. The Kier molecular flexibility index (Phi) is 3.71. The van der Waals surface area contributed by atoms with Crippen LogP contribution in [0.5, 0.6) is 0 Å². The molecule has 0 atom stereocenters. The van der Waals surface area contributed by atoms with E-state index < -0.39 is 11.7 Å². The SMILES string of the molecule is CSc1cccc(-c2ccc(C(F)(F)F)cn2)c1N. The predicted octanol–water partition coefficient (Wildman–Crippen LogP) is 4.07. The lowest BCUT2D eigenvalue weighted by atomic mass is 10.1. The van der Waals surface area contributed by atoms with E-state index in [2.05, 4.69) is 4.98 Å². The third-order valence-electron chi connectivity index (χ3n) is 2.65. The lowest BCUT2D eigenvalue weighted by Gasteiger charge is -2.10. The molecule has 1 aromatic carbocycles. The van der Waals surface area contributed by atoms with Crippen molar-refractivity contribution in [3.05, 3.63) is 42.1 Å². The molecule has 19 heavy (non-hydrogen) atoms. The van der Waals surface area contributed by atoms with Crippen LogP contribution in [0.15, 0.2) is 41.4 Å². The van der Waals surface area contributed by atoms with E-state index in [1.807, 2.05) is 12.3 Å². The van der Waals surface area contributed by atoms with Gasteiger partial charge in [-0.25, -0.2) is 0 Å². The van der Waals surface area contributed by atoms with Crippen LogP contribution in [0.1, 0.15) is 5.56 Å². The van der Waals surface area contributed by atoms with E-state index in [1.165, 1.54) is 17.8 Å². The molecule has 6 heteroatoms. The van der Waals surface area contributed by atoms with Crippen LogP contribution in [-0.2, 0) is 6.18 Å². The van der Waals surface area contributed by atoms with E-state index in [-0.39, 0.29) is 0 Å². The average molecular weight is 284 g/mol. The summed E-state index contributed by atoms with van der Waals surface area (Å²) in [6.07, 6.45) is -1.67. The molecule has 0 spiro atoms. The fourth-order valence-electron chi connectivity index (χ4n) is 1.67. The highest BCUT2D eigenvalue weighted by Gasteiger charge is 2.30. The van der Waals surface area contributed by atoms with Gasteiger partial charge >= 0.3 is 6.18 Å². The molecule has 0 radical (unpaired) electrons. The number of hydrogen-bond acceptors (Lipinski definition) is 3. The van der Waals surface area contributed by atoms with Gasteiger partial charge in [-0.2, -0.15) is 13.2 Å². The topological polar surface area (TPSA) is 38.9 Å². The second-order valence-electron chi connectivity index (χ2n) is 3.85. The summed E-state index contributed by atoms with van der Waals surface area (Å²) in [6.45, 7) is 0. The molecule has 0 saturated carbocycles. The minimum Gasteiger partial charge on any atom is -0.397 e. The van der Waals surface area contributed by atoms with Gasteiger partial charge in [-0.15, -0.1) is 11.8 Å². The number of nitrogens with zero attached hydrogens (tertiary/aromatic N) is 1. The van der Waals surface area contributed by atoms with Gasteiger partial charge in [0.05, 0.1) is 16.9 Å². The molecule has 100 valence electrons. The van der Waals surface area contributed by atoms with Gasteiger partial charge in [0.2, 0.25) is 0 Å². The summed E-state index contributed by atoms with van der Waals surface area (Å²) in [7, 11) is 0. The van der Waals surface area contributed by atoms with Crippen LogP contribution in [0.3, 0.4) is 0 Å². The smallest absolute Gasteiger partial charge is 0.397 e. The Hall–Kier alpha value is -1.69. The Labute approximate surface area is 112 Å². The molecule has 0 bridgehead atoms. The number of thioether (sulfide) groups is 1. The molecule has 0 unspecified atom stereocenters. The van der Waals surface area contributed by atoms with Crippen molar-refractivity contribution >= 4 is 17.4 Å². The summed E-state index contributed by atoms with van der Waals surface area (Å²) in [5, 5.41) is 0. The molecule has 0 saturated heterocycles. The number of halogens is 3. The highest BCUT2D eigenvalue weighted by Crippen LogP contribution is 2.34. The van der Waals surface area contributed by atoms with Crippen molar-refractivity contribution in [2.45, 2.75) is 11.1 Å². The number of benzene rings is 1. The zero-order valence-electron chi connectivity index (χ0n) is 10.0. The van der Waals surface area contributed by atoms with Crippen LogP contribution >= 0.6 is 11.8 Å². The van der Waals surface area contributed by atoms with Gasteiger partial charge in [-0.1, -0.05) is 12.1 Å². The van der Waals surface area contributed by atoms with Crippen molar-refractivity contribution < 1.29 is 13.2 Å². The Morgan fingerprint density at radius 1 is 1.16 bits per heavy atom. The average Bonchev–Trinajstić information content (AvgIpc) is 2.38. The largest absolute Gasteiger partial charge is 0.417 e. The third kappa shape index (κ3) is 2.84. The fraction of sp³-hybridized carbons (Fsp3) is 0.154. The van der Waals surface area contributed by atoms with Crippen LogP contribution < -0.4 is 5.73 Å². The Morgan fingerprint density at radius 2 is 1.89 bits per heavy atom. The van der Waals surface area contributed by atoms with Crippen molar-refractivity contribution in [1.82, 2.24) is 4.98 Å². The lowest BCUT2D eigenvalue weighted by Crippen LogP contribution is -2.05. The van der Waals surface area contributed by atoms with E-state index in [9.17, 15) is 13.2 Å². The summed E-state index contributed by atoms with van der Waals surface area (Å²) in [4.78, 5) is 4.72. The number of aromatic nitrogens is 1. The van der Waals surface area contributed by atoms with E-state index in [4.69, 9.17) is 5.73 Å². The van der Waals surface area contributed by atoms with Gasteiger partial charge in [-0.05, 0) is 24.5 Å². The standard InChI is InChI=1S/C13H11F3N2S/c1-19-11-4-2-3-9(12(11)17)10-6-5-8(7-18-10)13(14,15)16/h2-7H,17H2,1H3. The van der Waals surface area contributed by atoms with Crippen LogP contribution in [0, 0.1) is 0 Å². The first-order valence-corrected chi connectivity index (χ1v) is 6.62. The second-order valence-corrected chi connectivity index (χ2v) is 4.70. The number of rotatable bonds is 2. The van der Waals surface area contributed by atoms with Crippen molar-refractivity contribution in [3.63, 3.8) is 0 Å². The van der Waals surface area contributed by atoms with E-state index >= 15 is 0 Å². The Balaban J connectivity index is 2.43. The minimum atomic E-state index is -4.38. The maximum absolute atomic E-state index is 12.5. The Bertz CT molecular complexity index is 579.